The first kappa shape index (κ1) is 10.9. The zero-order valence-electron chi connectivity index (χ0n) is 8.73. The predicted molar refractivity (Wildman–Crippen MR) is 55.1 cm³/mol. The molecule has 4 nitrogen and oxygen atoms in total. The monoisotopic (exact) mass is 195 g/mol. The average Bonchev–Trinajstić information content (AvgIpc) is 2.64. The largest absolute Gasteiger partial charge is 0.321 e. The van der Waals surface area contributed by atoms with Gasteiger partial charge in [-0.3, -0.25) is 9.48 Å². The number of ketones is 1. The molecule has 1 unspecified atom stereocenters. The molecule has 0 aromatic carbocycles. The number of rotatable bonds is 5. The molecular formula is C10H17N3O. The first-order valence-corrected chi connectivity index (χ1v) is 5.02. The number of aromatic nitrogens is 2. The lowest BCUT2D eigenvalue weighted by molar-refractivity contribution is 0.0948. The van der Waals surface area contributed by atoms with E-state index in [2.05, 4.69) is 12.0 Å². The van der Waals surface area contributed by atoms with Crippen molar-refractivity contribution in [1.29, 1.82) is 0 Å². The first-order chi connectivity index (χ1) is 6.70. The van der Waals surface area contributed by atoms with Gasteiger partial charge in [0.1, 0.15) is 5.69 Å². The van der Waals surface area contributed by atoms with Gasteiger partial charge in [0.25, 0.3) is 0 Å². The number of nitrogens with zero attached hydrogens (tertiary/aromatic N) is 2. The summed E-state index contributed by atoms with van der Waals surface area (Å²) in [5.41, 5.74) is 6.31. The highest BCUT2D eigenvalue weighted by Gasteiger charge is 2.17. The van der Waals surface area contributed by atoms with Crippen molar-refractivity contribution in [3.8, 4) is 0 Å². The molecule has 0 aliphatic heterocycles. The van der Waals surface area contributed by atoms with Crippen molar-refractivity contribution in [2.24, 2.45) is 5.73 Å². The summed E-state index contributed by atoms with van der Waals surface area (Å²) in [6, 6.07) is 1.33. The van der Waals surface area contributed by atoms with Crippen LogP contribution in [0.2, 0.25) is 0 Å². The second-order valence-electron chi connectivity index (χ2n) is 3.32. The molecule has 4 heteroatoms. The third-order valence-corrected chi connectivity index (χ3v) is 2.18. The van der Waals surface area contributed by atoms with Crippen molar-refractivity contribution in [3.05, 3.63) is 18.0 Å². The molecule has 0 saturated carbocycles. The Labute approximate surface area is 84.1 Å². The second-order valence-corrected chi connectivity index (χ2v) is 3.32. The van der Waals surface area contributed by atoms with Crippen LogP contribution in [-0.4, -0.2) is 21.6 Å². The zero-order valence-corrected chi connectivity index (χ0v) is 8.73. The molecular weight excluding hydrogens is 178 g/mol. The van der Waals surface area contributed by atoms with Crippen molar-refractivity contribution in [3.63, 3.8) is 0 Å². The number of carbonyl (C=O) groups is 1. The van der Waals surface area contributed by atoms with Gasteiger partial charge in [0.15, 0.2) is 5.78 Å². The van der Waals surface area contributed by atoms with Crippen LogP contribution in [-0.2, 0) is 6.54 Å². The molecule has 78 valence electrons. The maximum atomic E-state index is 11.7. The number of hydrogen-bond acceptors (Lipinski definition) is 3. The number of hydrogen-bond donors (Lipinski definition) is 1. The lowest BCUT2D eigenvalue weighted by Crippen LogP contribution is -2.31. The van der Waals surface area contributed by atoms with E-state index in [1.54, 1.807) is 16.9 Å². The summed E-state index contributed by atoms with van der Waals surface area (Å²) in [5.74, 6) is -0.0153. The van der Waals surface area contributed by atoms with Crippen LogP contribution in [0.15, 0.2) is 12.3 Å². The molecule has 1 rings (SSSR count). The van der Waals surface area contributed by atoms with Crippen molar-refractivity contribution < 1.29 is 4.79 Å². The van der Waals surface area contributed by atoms with Crippen molar-refractivity contribution >= 4 is 5.78 Å². The summed E-state index contributed by atoms with van der Waals surface area (Å²) in [6.45, 7) is 4.73. The Hall–Kier alpha value is -1.16. The Kier molecular flexibility index (Phi) is 3.83. The van der Waals surface area contributed by atoms with Crippen molar-refractivity contribution in [1.82, 2.24) is 9.78 Å². The summed E-state index contributed by atoms with van der Waals surface area (Å²) >= 11 is 0. The van der Waals surface area contributed by atoms with Crippen molar-refractivity contribution in [2.75, 3.05) is 0 Å². The van der Waals surface area contributed by atoms with Crippen LogP contribution in [0.5, 0.6) is 0 Å². The standard InChI is InChI=1S/C10H17N3O/c1-3-7-13-9(5-6-12-13)10(14)8(11)4-2/h5-6,8H,3-4,7,11H2,1-2H3. The fourth-order valence-corrected chi connectivity index (χ4v) is 1.31. The molecule has 0 amide bonds. The van der Waals surface area contributed by atoms with E-state index >= 15 is 0 Å². The topological polar surface area (TPSA) is 60.9 Å². The highest BCUT2D eigenvalue weighted by molar-refractivity contribution is 5.98. The van der Waals surface area contributed by atoms with Gasteiger partial charge in [-0.25, -0.2) is 0 Å². The Morgan fingerprint density at radius 1 is 1.64 bits per heavy atom. The highest BCUT2D eigenvalue weighted by Crippen LogP contribution is 2.05. The van der Waals surface area contributed by atoms with Crippen molar-refractivity contribution in [2.45, 2.75) is 39.3 Å². The Morgan fingerprint density at radius 2 is 2.36 bits per heavy atom. The minimum absolute atomic E-state index is 0.0153. The van der Waals surface area contributed by atoms with Crippen LogP contribution in [0.3, 0.4) is 0 Å². The number of carbonyl (C=O) groups excluding carboxylic acids is 1. The van der Waals surface area contributed by atoms with Crippen LogP contribution >= 0.6 is 0 Å². The summed E-state index contributed by atoms with van der Waals surface area (Å²) in [5, 5.41) is 4.08. The van der Waals surface area contributed by atoms with Gasteiger partial charge in [0.05, 0.1) is 6.04 Å². The van der Waals surface area contributed by atoms with Gasteiger partial charge < -0.3 is 5.73 Å². The average molecular weight is 195 g/mol. The van der Waals surface area contributed by atoms with Gasteiger partial charge in [0.2, 0.25) is 0 Å². The highest BCUT2D eigenvalue weighted by atomic mass is 16.1. The lowest BCUT2D eigenvalue weighted by atomic mass is 10.1. The SMILES string of the molecule is CCCn1nccc1C(=O)C(N)CC. The molecule has 2 N–H and O–H groups in total. The number of nitrogens with two attached hydrogens (primary N) is 1. The minimum atomic E-state index is -0.401. The molecule has 14 heavy (non-hydrogen) atoms. The molecule has 1 heterocycles. The molecule has 0 bridgehead atoms. The summed E-state index contributed by atoms with van der Waals surface area (Å²) in [7, 11) is 0. The predicted octanol–water partition coefficient (Wildman–Crippen LogP) is 1.21. The Morgan fingerprint density at radius 3 is 2.93 bits per heavy atom. The van der Waals surface area contributed by atoms with E-state index < -0.39 is 6.04 Å². The van der Waals surface area contributed by atoms with Gasteiger partial charge in [0, 0.05) is 12.7 Å². The van der Waals surface area contributed by atoms with E-state index in [-0.39, 0.29) is 5.78 Å². The third-order valence-electron chi connectivity index (χ3n) is 2.18. The smallest absolute Gasteiger partial charge is 0.197 e. The fraction of sp³-hybridized carbons (Fsp3) is 0.600. The van der Waals surface area contributed by atoms with E-state index in [9.17, 15) is 4.79 Å². The van der Waals surface area contributed by atoms with Crippen LogP contribution in [0, 0.1) is 0 Å². The quantitative estimate of drug-likeness (QED) is 0.718. The first-order valence-electron chi connectivity index (χ1n) is 5.02. The maximum absolute atomic E-state index is 11.7. The molecule has 0 fully saturated rings. The molecule has 1 aromatic heterocycles. The number of aryl methyl sites for hydroxylation is 1. The fourth-order valence-electron chi connectivity index (χ4n) is 1.31. The second kappa shape index (κ2) is 4.91. The van der Waals surface area contributed by atoms with Crippen LogP contribution in [0.4, 0.5) is 0 Å². The van der Waals surface area contributed by atoms with Crippen LogP contribution in [0.1, 0.15) is 37.2 Å². The molecule has 1 atom stereocenters. The van der Waals surface area contributed by atoms with Crippen LogP contribution in [0.25, 0.3) is 0 Å². The lowest BCUT2D eigenvalue weighted by Gasteiger charge is -2.09. The zero-order chi connectivity index (χ0) is 10.6. The molecule has 1 aromatic rings. The molecule has 0 aliphatic carbocycles. The van der Waals surface area contributed by atoms with Gasteiger partial charge in [-0.2, -0.15) is 5.10 Å². The molecule has 0 spiro atoms. The van der Waals surface area contributed by atoms with Gasteiger partial charge in [-0.05, 0) is 18.9 Å². The normalized spacial score (nSPS) is 12.8. The van der Waals surface area contributed by atoms with E-state index in [1.165, 1.54) is 0 Å². The van der Waals surface area contributed by atoms with E-state index in [4.69, 9.17) is 5.73 Å². The summed E-state index contributed by atoms with van der Waals surface area (Å²) in [4.78, 5) is 11.7. The maximum Gasteiger partial charge on any atom is 0.197 e. The molecule has 0 aliphatic rings. The van der Waals surface area contributed by atoms with Gasteiger partial charge >= 0.3 is 0 Å². The summed E-state index contributed by atoms with van der Waals surface area (Å²) in [6.07, 6.45) is 3.27. The van der Waals surface area contributed by atoms with E-state index in [0.717, 1.165) is 13.0 Å². The van der Waals surface area contributed by atoms with E-state index in [1.807, 2.05) is 6.92 Å². The molecule has 0 saturated heterocycles. The Bertz CT molecular complexity index is 306. The molecule has 0 radical (unpaired) electrons. The number of Topliss-reactive ketones (excluding diaryl/α,β-unsaturated/α-hetero) is 1. The van der Waals surface area contributed by atoms with E-state index in [0.29, 0.717) is 12.1 Å². The minimum Gasteiger partial charge on any atom is -0.321 e. The summed E-state index contributed by atoms with van der Waals surface area (Å²) < 4.78 is 1.72. The van der Waals surface area contributed by atoms with Gasteiger partial charge in [-0.1, -0.05) is 13.8 Å². The van der Waals surface area contributed by atoms with Crippen LogP contribution < -0.4 is 5.73 Å². The Balaban J connectivity index is 2.83. The van der Waals surface area contributed by atoms with Gasteiger partial charge in [-0.15, -0.1) is 0 Å². The third kappa shape index (κ3) is 2.20.